The van der Waals surface area contributed by atoms with Gasteiger partial charge in [0, 0.05) is 11.4 Å². The van der Waals surface area contributed by atoms with Crippen LogP contribution in [0.15, 0.2) is 46.7 Å². The number of rotatable bonds is 9. The molecule has 1 aromatic carbocycles. The molecule has 0 unspecified atom stereocenters. The van der Waals surface area contributed by atoms with Gasteiger partial charge in [-0.2, -0.15) is 4.72 Å². The number of hydrogen-bond donors (Lipinski definition) is 2. The molecule has 0 aliphatic heterocycles. The Balaban J connectivity index is 1.67. The van der Waals surface area contributed by atoms with Crippen molar-refractivity contribution in [2.75, 3.05) is 19.7 Å². The van der Waals surface area contributed by atoms with Crippen LogP contribution in [0.5, 0.6) is 0 Å². The quantitative estimate of drug-likeness (QED) is 0.613. The van der Waals surface area contributed by atoms with Crippen LogP contribution in [0.25, 0.3) is 0 Å². The Morgan fingerprint density at radius 1 is 1.15 bits per heavy atom. The number of esters is 1. The predicted octanol–water partition coefficient (Wildman–Crippen LogP) is 1.07. The van der Waals surface area contributed by atoms with E-state index in [1.165, 1.54) is 0 Å². The summed E-state index contributed by atoms with van der Waals surface area (Å²) in [5.41, 5.74) is 0. The number of halogens is 1. The van der Waals surface area contributed by atoms with Gasteiger partial charge in [-0.15, -0.1) is 11.3 Å². The minimum absolute atomic E-state index is 0.182. The highest BCUT2D eigenvalue weighted by atomic mass is 32.2. The number of benzene rings is 1. The van der Waals surface area contributed by atoms with Gasteiger partial charge >= 0.3 is 5.97 Å². The van der Waals surface area contributed by atoms with Gasteiger partial charge in [-0.3, -0.25) is 9.59 Å². The minimum atomic E-state index is -3.97. The fourth-order valence-electron chi connectivity index (χ4n) is 1.88. The zero-order valence-electron chi connectivity index (χ0n) is 13.6. The third-order valence-corrected chi connectivity index (χ3v) is 5.52. The Labute approximate surface area is 154 Å². The van der Waals surface area contributed by atoms with E-state index in [-0.39, 0.29) is 4.90 Å². The van der Waals surface area contributed by atoms with E-state index in [1.54, 1.807) is 11.3 Å². The van der Waals surface area contributed by atoms with Crippen molar-refractivity contribution in [3.05, 3.63) is 52.5 Å². The van der Waals surface area contributed by atoms with Crippen molar-refractivity contribution in [2.45, 2.75) is 11.3 Å². The van der Waals surface area contributed by atoms with Crippen molar-refractivity contribution in [1.29, 1.82) is 0 Å². The molecule has 0 saturated carbocycles. The number of thiophene rings is 1. The SMILES string of the molecule is O=C(COC(=O)CNS(=O)(=O)c1ccc(F)cc1)NCCc1cccs1. The maximum atomic E-state index is 12.8. The van der Waals surface area contributed by atoms with Gasteiger partial charge < -0.3 is 10.1 Å². The van der Waals surface area contributed by atoms with E-state index < -0.39 is 40.9 Å². The molecule has 2 rings (SSSR count). The fraction of sp³-hybridized carbons (Fsp3) is 0.250. The van der Waals surface area contributed by atoms with Crippen LogP contribution in [0.1, 0.15) is 4.88 Å². The molecular formula is C16H17FN2O5S2. The molecule has 2 aromatic rings. The van der Waals surface area contributed by atoms with E-state index in [4.69, 9.17) is 4.74 Å². The predicted molar refractivity (Wildman–Crippen MR) is 93.6 cm³/mol. The standard InChI is InChI=1S/C16H17FN2O5S2/c17-12-3-5-14(6-4-12)26(22,23)19-10-16(21)24-11-15(20)18-8-7-13-2-1-9-25-13/h1-6,9,19H,7-8,10-11H2,(H,18,20). The first-order chi connectivity index (χ1) is 12.4. The number of sulfonamides is 1. The largest absolute Gasteiger partial charge is 0.455 e. The molecule has 1 amide bonds. The van der Waals surface area contributed by atoms with Crippen LogP contribution in [0, 0.1) is 5.82 Å². The third kappa shape index (κ3) is 6.54. The van der Waals surface area contributed by atoms with Gasteiger partial charge in [0.05, 0.1) is 4.90 Å². The number of nitrogens with one attached hydrogen (secondary N) is 2. The monoisotopic (exact) mass is 400 g/mol. The second kappa shape index (κ2) is 9.41. The smallest absolute Gasteiger partial charge is 0.321 e. The van der Waals surface area contributed by atoms with E-state index in [2.05, 4.69) is 5.32 Å². The first-order valence-electron chi connectivity index (χ1n) is 7.57. The number of amides is 1. The summed E-state index contributed by atoms with van der Waals surface area (Å²) >= 11 is 1.58. The van der Waals surface area contributed by atoms with Gasteiger partial charge in [0.2, 0.25) is 10.0 Å². The summed E-state index contributed by atoms with van der Waals surface area (Å²) in [5, 5.41) is 4.53. The lowest BCUT2D eigenvalue weighted by atomic mass is 10.3. The van der Waals surface area contributed by atoms with Gasteiger partial charge in [0.1, 0.15) is 12.4 Å². The van der Waals surface area contributed by atoms with E-state index in [0.717, 1.165) is 29.1 Å². The molecule has 0 radical (unpaired) electrons. The summed E-state index contributed by atoms with van der Waals surface area (Å²) in [7, 11) is -3.97. The van der Waals surface area contributed by atoms with Crippen LogP contribution in [0.3, 0.4) is 0 Å². The maximum absolute atomic E-state index is 12.8. The van der Waals surface area contributed by atoms with Gasteiger partial charge in [0.15, 0.2) is 6.61 Å². The highest BCUT2D eigenvalue weighted by Gasteiger charge is 2.16. The Morgan fingerprint density at radius 2 is 1.88 bits per heavy atom. The Bertz CT molecular complexity index is 836. The van der Waals surface area contributed by atoms with E-state index >= 15 is 0 Å². The summed E-state index contributed by atoms with van der Waals surface area (Å²) in [6, 6.07) is 8.00. The molecular weight excluding hydrogens is 383 g/mol. The molecule has 7 nitrogen and oxygen atoms in total. The number of hydrogen-bond acceptors (Lipinski definition) is 6. The second-order valence-electron chi connectivity index (χ2n) is 5.12. The van der Waals surface area contributed by atoms with Crippen molar-refractivity contribution in [2.24, 2.45) is 0 Å². The van der Waals surface area contributed by atoms with Gasteiger partial charge in [-0.25, -0.2) is 12.8 Å². The zero-order chi connectivity index (χ0) is 19.0. The molecule has 140 valence electrons. The first kappa shape index (κ1) is 20.0. The number of carbonyl (C=O) groups is 2. The third-order valence-electron chi connectivity index (χ3n) is 3.17. The highest BCUT2D eigenvalue weighted by molar-refractivity contribution is 7.89. The van der Waals surface area contributed by atoms with Crippen molar-refractivity contribution < 1.29 is 27.1 Å². The lowest BCUT2D eigenvalue weighted by Gasteiger charge is -2.08. The first-order valence-corrected chi connectivity index (χ1v) is 9.93. The van der Waals surface area contributed by atoms with Crippen molar-refractivity contribution in [1.82, 2.24) is 10.0 Å². The molecule has 1 aromatic heterocycles. The number of carbonyl (C=O) groups excluding carboxylic acids is 2. The fourth-order valence-corrected chi connectivity index (χ4v) is 3.56. The van der Waals surface area contributed by atoms with E-state index in [0.29, 0.717) is 13.0 Å². The van der Waals surface area contributed by atoms with Gasteiger partial charge in [0.25, 0.3) is 5.91 Å². The topological polar surface area (TPSA) is 102 Å². The Morgan fingerprint density at radius 3 is 2.54 bits per heavy atom. The Kier molecular flexibility index (Phi) is 7.25. The Hall–Kier alpha value is -2.30. The summed E-state index contributed by atoms with van der Waals surface area (Å²) in [4.78, 5) is 24.1. The van der Waals surface area contributed by atoms with Crippen molar-refractivity contribution >= 4 is 33.2 Å². The average molecular weight is 400 g/mol. The van der Waals surface area contributed by atoms with E-state index in [9.17, 15) is 22.4 Å². The van der Waals surface area contributed by atoms with Crippen LogP contribution in [0.2, 0.25) is 0 Å². The summed E-state index contributed by atoms with van der Waals surface area (Å²) < 4.78 is 43.4. The molecule has 0 saturated heterocycles. The molecule has 0 aliphatic carbocycles. The summed E-state index contributed by atoms with van der Waals surface area (Å²) in [6.45, 7) is -0.724. The zero-order valence-corrected chi connectivity index (χ0v) is 15.2. The second-order valence-corrected chi connectivity index (χ2v) is 7.92. The van der Waals surface area contributed by atoms with Gasteiger partial charge in [-0.1, -0.05) is 6.07 Å². The van der Waals surface area contributed by atoms with Crippen LogP contribution >= 0.6 is 11.3 Å². The molecule has 0 spiro atoms. The van der Waals surface area contributed by atoms with Crippen LogP contribution in [0.4, 0.5) is 4.39 Å². The number of ether oxygens (including phenoxy) is 1. The van der Waals surface area contributed by atoms with Crippen LogP contribution in [-0.4, -0.2) is 40.0 Å². The minimum Gasteiger partial charge on any atom is -0.455 e. The molecule has 0 atom stereocenters. The summed E-state index contributed by atoms with van der Waals surface area (Å²) in [6.07, 6.45) is 0.675. The molecule has 2 N–H and O–H groups in total. The highest BCUT2D eigenvalue weighted by Crippen LogP contribution is 2.09. The average Bonchev–Trinajstić information content (AvgIpc) is 3.12. The molecule has 0 fully saturated rings. The van der Waals surface area contributed by atoms with Crippen molar-refractivity contribution in [3.63, 3.8) is 0 Å². The lowest BCUT2D eigenvalue weighted by molar-refractivity contribution is -0.147. The molecule has 1 heterocycles. The summed E-state index contributed by atoms with van der Waals surface area (Å²) in [5.74, 6) is -1.95. The molecule has 10 heteroatoms. The maximum Gasteiger partial charge on any atom is 0.321 e. The van der Waals surface area contributed by atoms with Crippen LogP contribution < -0.4 is 10.0 Å². The molecule has 26 heavy (non-hydrogen) atoms. The lowest BCUT2D eigenvalue weighted by Crippen LogP contribution is -2.34. The van der Waals surface area contributed by atoms with E-state index in [1.807, 2.05) is 22.2 Å². The van der Waals surface area contributed by atoms with Crippen LogP contribution in [-0.2, 0) is 30.8 Å². The van der Waals surface area contributed by atoms with Gasteiger partial charge in [-0.05, 0) is 42.1 Å². The molecule has 0 aliphatic rings. The normalized spacial score (nSPS) is 11.1. The molecule has 0 bridgehead atoms. The van der Waals surface area contributed by atoms with Crippen molar-refractivity contribution in [3.8, 4) is 0 Å².